The maximum absolute atomic E-state index is 14.7. The van der Waals surface area contributed by atoms with Crippen LogP contribution in [0.3, 0.4) is 0 Å². The fourth-order valence-electron chi connectivity index (χ4n) is 4.22. The summed E-state index contributed by atoms with van der Waals surface area (Å²) < 4.78 is 19.7. The monoisotopic (exact) mass is 548 g/mol. The number of likely N-dealkylation sites (N-methyl/N-ethyl adjacent to an activating group) is 1. The van der Waals surface area contributed by atoms with Gasteiger partial charge in [0, 0.05) is 43.3 Å². The normalized spacial score (nSPS) is 20.0. The van der Waals surface area contributed by atoms with Crippen LogP contribution in [0.4, 0.5) is 4.39 Å². The van der Waals surface area contributed by atoms with E-state index in [1.54, 1.807) is 32.0 Å². The van der Waals surface area contributed by atoms with Crippen molar-refractivity contribution in [3.8, 4) is 0 Å². The van der Waals surface area contributed by atoms with Crippen molar-refractivity contribution in [3.05, 3.63) is 47.3 Å². The second-order valence-electron chi connectivity index (χ2n) is 8.74. The number of esters is 1. The SMILES string of the molecule is CCOC(=O)CN(C)CC=C1CN(C(C(=O)C2CC2)c2ccccc2F)CCC1SC(C)=O.Cl.Cl. The molecule has 0 amide bonds. The highest BCUT2D eigenvalue weighted by atomic mass is 35.5. The maximum atomic E-state index is 14.7. The van der Waals surface area contributed by atoms with Gasteiger partial charge >= 0.3 is 5.97 Å². The van der Waals surface area contributed by atoms with E-state index in [-0.39, 0.29) is 65.2 Å². The fraction of sp³-hybridized carbons (Fsp3) is 0.560. The van der Waals surface area contributed by atoms with Gasteiger partial charge in [-0.2, -0.15) is 0 Å². The Hall–Kier alpha value is -1.45. The Bertz CT molecular complexity index is 913. The number of halogens is 3. The minimum Gasteiger partial charge on any atom is -0.465 e. The number of thioether (sulfide) groups is 1. The van der Waals surface area contributed by atoms with Crippen LogP contribution in [0.1, 0.15) is 44.7 Å². The Morgan fingerprint density at radius 1 is 1.23 bits per heavy atom. The second kappa shape index (κ2) is 15.0. The fourth-order valence-corrected chi connectivity index (χ4v) is 5.16. The van der Waals surface area contributed by atoms with Crippen LogP contribution in [0.5, 0.6) is 0 Å². The van der Waals surface area contributed by atoms with Crippen LogP contribution in [-0.2, 0) is 19.1 Å². The average molecular weight is 550 g/mol. The largest absolute Gasteiger partial charge is 0.465 e. The molecule has 1 aromatic rings. The topological polar surface area (TPSA) is 66.9 Å². The summed E-state index contributed by atoms with van der Waals surface area (Å²) in [5, 5.41) is 0.0472. The summed E-state index contributed by atoms with van der Waals surface area (Å²) in [7, 11) is 1.83. The van der Waals surface area contributed by atoms with Crippen LogP contribution in [0.2, 0.25) is 0 Å². The molecule has 2 unspecified atom stereocenters. The van der Waals surface area contributed by atoms with Gasteiger partial charge in [0.25, 0.3) is 0 Å². The first-order valence-electron chi connectivity index (χ1n) is 11.5. The summed E-state index contributed by atoms with van der Waals surface area (Å²) >= 11 is 1.29. The molecule has 0 bridgehead atoms. The summed E-state index contributed by atoms with van der Waals surface area (Å²) in [6.45, 7) is 5.44. The molecule has 2 atom stereocenters. The molecule has 1 aliphatic heterocycles. The van der Waals surface area contributed by atoms with Crippen molar-refractivity contribution in [2.24, 2.45) is 5.92 Å². The molecule has 10 heteroatoms. The molecule has 0 aromatic heterocycles. The van der Waals surface area contributed by atoms with Gasteiger partial charge in [-0.15, -0.1) is 24.8 Å². The van der Waals surface area contributed by atoms with Gasteiger partial charge in [0.1, 0.15) is 5.82 Å². The number of rotatable bonds is 10. The number of hydrogen-bond donors (Lipinski definition) is 0. The van der Waals surface area contributed by atoms with Crippen molar-refractivity contribution in [2.75, 3.05) is 39.8 Å². The minimum absolute atomic E-state index is 0. The molecule has 0 radical (unpaired) electrons. The van der Waals surface area contributed by atoms with Gasteiger partial charge in [-0.25, -0.2) is 4.39 Å². The van der Waals surface area contributed by atoms with E-state index >= 15 is 0 Å². The van der Waals surface area contributed by atoms with Crippen LogP contribution in [0.15, 0.2) is 35.9 Å². The molecular weight excluding hydrogens is 514 g/mol. The second-order valence-corrected chi connectivity index (χ2v) is 10.1. The van der Waals surface area contributed by atoms with E-state index in [0.29, 0.717) is 38.2 Å². The molecule has 1 saturated carbocycles. The van der Waals surface area contributed by atoms with Gasteiger partial charge < -0.3 is 4.74 Å². The summed E-state index contributed by atoms with van der Waals surface area (Å²) in [5.74, 6) is -0.567. The molecule has 196 valence electrons. The molecule has 35 heavy (non-hydrogen) atoms. The van der Waals surface area contributed by atoms with Gasteiger partial charge in [0.05, 0.1) is 19.2 Å². The van der Waals surface area contributed by atoms with E-state index in [9.17, 15) is 18.8 Å². The lowest BCUT2D eigenvalue weighted by Gasteiger charge is -2.38. The number of nitrogens with zero attached hydrogens (tertiary/aromatic N) is 2. The molecule has 1 aliphatic carbocycles. The Morgan fingerprint density at radius 2 is 1.91 bits per heavy atom. The van der Waals surface area contributed by atoms with E-state index in [4.69, 9.17) is 4.74 Å². The highest BCUT2D eigenvalue weighted by Gasteiger charge is 2.41. The molecule has 6 nitrogen and oxygen atoms in total. The van der Waals surface area contributed by atoms with Crippen molar-refractivity contribution < 1.29 is 23.5 Å². The number of carbonyl (C=O) groups excluding carboxylic acids is 3. The van der Waals surface area contributed by atoms with Crippen LogP contribution in [0.25, 0.3) is 0 Å². The van der Waals surface area contributed by atoms with Gasteiger partial charge in [-0.1, -0.05) is 36.0 Å². The zero-order valence-corrected chi connectivity index (χ0v) is 22.9. The number of piperidine rings is 1. The molecule has 1 heterocycles. The smallest absolute Gasteiger partial charge is 0.320 e. The molecule has 3 rings (SSSR count). The number of ether oxygens (including phenoxy) is 1. The van der Waals surface area contributed by atoms with E-state index in [1.165, 1.54) is 17.8 Å². The van der Waals surface area contributed by atoms with Crippen LogP contribution in [-0.4, -0.2) is 71.8 Å². The van der Waals surface area contributed by atoms with E-state index < -0.39 is 6.04 Å². The third-order valence-electron chi connectivity index (χ3n) is 5.97. The number of hydrogen-bond acceptors (Lipinski definition) is 7. The number of Topliss-reactive ketones (excluding diaryl/α,β-unsaturated/α-hetero) is 1. The standard InChI is InChI=1S/C25H33FN2O4S.2ClH/c1-4-32-23(30)16-27(3)13-11-19-15-28(14-12-22(19)33-17(2)29)24(25(31)18-9-10-18)20-7-5-6-8-21(20)26;;/h5-8,11,18,22,24H,4,9-10,12-16H2,1-3H3;2*1H. The first kappa shape index (κ1) is 31.6. The first-order chi connectivity index (χ1) is 15.8. The predicted molar refractivity (Wildman–Crippen MR) is 142 cm³/mol. The third kappa shape index (κ3) is 9.17. The highest BCUT2D eigenvalue weighted by Crippen LogP contribution is 2.40. The summed E-state index contributed by atoms with van der Waals surface area (Å²) in [6, 6.07) is 5.89. The Kier molecular flexibility index (Phi) is 13.5. The predicted octanol–water partition coefficient (Wildman–Crippen LogP) is 4.46. The van der Waals surface area contributed by atoms with Gasteiger partial charge in [-0.05, 0) is 44.9 Å². The molecule has 2 fully saturated rings. The lowest BCUT2D eigenvalue weighted by molar-refractivity contribution is -0.144. The average Bonchev–Trinajstić information content (AvgIpc) is 3.60. The maximum Gasteiger partial charge on any atom is 0.320 e. The van der Waals surface area contributed by atoms with Crippen LogP contribution >= 0.6 is 36.6 Å². The zero-order chi connectivity index (χ0) is 24.0. The number of likely N-dealkylation sites (tertiary alicyclic amines) is 1. The quantitative estimate of drug-likeness (QED) is 0.315. The number of carbonyl (C=O) groups is 3. The van der Waals surface area contributed by atoms with Gasteiger partial charge in [-0.3, -0.25) is 24.2 Å². The van der Waals surface area contributed by atoms with E-state index in [0.717, 1.165) is 18.4 Å². The van der Waals surface area contributed by atoms with Crippen LogP contribution < -0.4 is 0 Å². The number of ketones is 1. The summed E-state index contributed by atoms with van der Waals surface area (Å²) in [4.78, 5) is 40.7. The van der Waals surface area contributed by atoms with Gasteiger partial charge in [0.2, 0.25) is 0 Å². The molecule has 1 aromatic carbocycles. The molecular formula is C25H35Cl2FN2O4S. The summed E-state index contributed by atoms with van der Waals surface area (Å²) in [6.07, 6.45) is 4.45. The molecule has 1 saturated heterocycles. The van der Waals surface area contributed by atoms with Crippen molar-refractivity contribution in [2.45, 2.75) is 44.4 Å². The van der Waals surface area contributed by atoms with E-state index in [1.807, 2.05) is 22.9 Å². The zero-order valence-electron chi connectivity index (χ0n) is 20.4. The molecule has 0 N–H and O–H groups in total. The summed E-state index contributed by atoms with van der Waals surface area (Å²) in [5.41, 5.74) is 1.45. The van der Waals surface area contributed by atoms with Crippen molar-refractivity contribution in [1.82, 2.24) is 9.80 Å². The molecule has 0 spiro atoms. The lowest BCUT2D eigenvalue weighted by atomic mass is 9.93. The third-order valence-corrected chi connectivity index (χ3v) is 7.12. The Balaban J connectivity index is 0.00000306. The highest BCUT2D eigenvalue weighted by molar-refractivity contribution is 8.14. The number of benzene rings is 1. The van der Waals surface area contributed by atoms with Crippen molar-refractivity contribution >= 4 is 53.4 Å². The Labute approximate surface area is 223 Å². The van der Waals surface area contributed by atoms with Crippen molar-refractivity contribution in [1.29, 1.82) is 0 Å². The molecule has 2 aliphatic rings. The lowest BCUT2D eigenvalue weighted by Crippen LogP contribution is -2.43. The minimum atomic E-state index is -0.623. The van der Waals surface area contributed by atoms with Crippen molar-refractivity contribution in [3.63, 3.8) is 0 Å². The first-order valence-corrected chi connectivity index (χ1v) is 12.4. The van der Waals surface area contributed by atoms with E-state index in [2.05, 4.69) is 0 Å². The van der Waals surface area contributed by atoms with Crippen LogP contribution in [0, 0.1) is 11.7 Å². The Morgan fingerprint density at radius 3 is 2.51 bits per heavy atom. The van der Waals surface area contributed by atoms with Gasteiger partial charge in [0.15, 0.2) is 10.9 Å².